The fourth-order valence-electron chi connectivity index (χ4n) is 1.83. The molecule has 0 aliphatic carbocycles. The first kappa shape index (κ1) is 12.8. The number of nitrogen functional groups attached to an aromatic ring is 1. The van der Waals surface area contributed by atoms with E-state index >= 15 is 0 Å². The molecule has 0 unspecified atom stereocenters. The van der Waals surface area contributed by atoms with E-state index in [2.05, 4.69) is 20.4 Å². The lowest BCUT2D eigenvalue weighted by Gasteiger charge is -2.30. The summed E-state index contributed by atoms with van der Waals surface area (Å²) in [5, 5.41) is 9.50. The van der Waals surface area contributed by atoms with E-state index in [9.17, 15) is 5.11 Å². The van der Waals surface area contributed by atoms with Gasteiger partial charge in [0, 0.05) is 27.2 Å². The monoisotopic (exact) mass is 253 g/mol. The van der Waals surface area contributed by atoms with Crippen LogP contribution in [0.2, 0.25) is 0 Å². The van der Waals surface area contributed by atoms with Crippen LogP contribution in [0.1, 0.15) is 12.8 Å². The van der Waals surface area contributed by atoms with Crippen LogP contribution >= 0.6 is 0 Å². The van der Waals surface area contributed by atoms with Gasteiger partial charge in [0.1, 0.15) is 0 Å². The van der Waals surface area contributed by atoms with E-state index < -0.39 is 0 Å². The highest BCUT2D eigenvalue weighted by molar-refractivity contribution is 5.44. The molecular weight excluding hydrogens is 234 g/mol. The Kier molecular flexibility index (Phi) is 3.78. The molecule has 1 aliphatic rings. The normalized spacial score (nSPS) is 16.8. The molecule has 4 N–H and O–H groups in total. The summed E-state index contributed by atoms with van der Waals surface area (Å²) in [5.74, 6) is 6.85. The number of hydrogen-bond donors (Lipinski definition) is 3. The van der Waals surface area contributed by atoms with Gasteiger partial charge in [0.05, 0.1) is 6.10 Å². The summed E-state index contributed by atoms with van der Waals surface area (Å²) in [4.78, 5) is 16.6. The summed E-state index contributed by atoms with van der Waals surface area (Å²) < 4.78 is 0. The Labute approximate surface area is 106 Å². The Bertz CT molecular complexity index is 403. The molecule has 1 aliphatic heterocycles. The first-order valence-corrected chi connectivity index (χ1v) is 5.93. The summed E-state index contributed by atoms with van der Waals surface area (Å²) in [7, 11) is 3.72. The second kappa shape index (κ2) is 5.32. The van der Waals surface area contributed by atoms with Crippen molar-refractivity contribution in [3.05, 3.63) is 0 Å². The fraction of sp³-hybridized carbons (Fsp3) is 0.700. The van der Waals surface area contributed by atoms with E-state index in [4.69, 9.17) is 5.84 Å². The molecule has 0 bridgehead atoms. The van der Waals surface area contributed by atoms with Crippen LogP contribution in [0, 0.1) is 0 Å². The highest BCUT2D eigenvalue weighted by atomic mass is 16.3. The molecule has 0 radical (unpaired) electrons. The Morgan fingerprint density at radius 1 is 1.28 bits per heavy atom. The lowest BCUT2D eigenvalue weighted by Crippen LogP contribution is -2.37. The molecule has 100 valence electrons. The number of nitrogens with one attached hydrogen (secondary N) is 1. The van der Waals surface area contributed by atoms with Gasteiger partial charge in [-0.1, -0.05) is 0 Å². The van der Waals surface area contributed by atoms with E-state index in [0.29, 0.717) is 17.8 Å². The molecule has 1 aromatic rings. The largest absolute Gasteiger partial charge is 0.393 e. The third-order valence-corrected chi connectivity index (χ3v) is 2.89. The maximum absolute atomic E-state index is 9.50. The van der Waals surface area contributed by atoms with E-state index in [1.807, 2.05) is 19.0 Å². The molecule has 1 saturated heterocycles. The van der Waals surface area contributed by atoms with Gasteiger partial charge in [-0.05, 0) is 12.8 Å². The van der Waals surface area contributed by atoms with Crippen molar-refractivity contribution < 1.29 is 5.11 Å². The van der Waals surface area contributed by atoms with Crippen LogP contribution in [-0.2, 0) is 0 Å². The molecule has 1 fully saturated rings. The van der Waals surface area contributed by atoms with Crippen molar-refractivity contribution in [2.45, 2.75) is 18.9 Å². The number of aliphatic hydroxyl groups is 1. The number of rotatable bonds is 3. The molecule has 0 saturated carbocycles. The number of anilines is 3. The number of nitrogens with two attached hydrogens (primary N) is 1. The van der Waals surface area contributed by atoms with Gasteiger partial charge in [0.25, 0.3) is 0 Å². The number of piperidine rings is 1. The van der Waals surface area contributed by atoms with Crippen molar-refractivity contribution in [1.29, 1.82) is 0 Å². The van der Waals surface area contributed by atoms with E-state index in [0.717, 1.165) is 25.9 Å². The first-order valence-electron chi connectivity index (χ1n) is 5.93. The molecule has 0 aromatic carbocycles. The summed E-state index contributed by atoms with van der Waals surface area (Å²) in [6, 6.07) is 0. The minimum absolute atomic E-state index is 0.219. The second-order valence-corrected chi connectivity index (χ2v) is 4.52. The highest BCUT2D eigenvalue weighted by Gasteiger charge is 2.20. The SMILES string of the molecule is CN(C)c1nc(NN)nc(N2CCC(O)CC2)n1. The number of nitrogens with zero attached hydrogens (tertiary/aromatic N) is 5. The van der Waals surface area contributed by atoms with Crippen molar-refractivity contribution in [3.63, 3.8) is 0 Å². The first-order chi connectivity index (χ1) is 8.60. The van der Waals surface area contributed by atoms with Crippen LogP contribution in [-0.4, -0.2) is 53.3 Å². The van der Waals surface area contributed by atoms with Crippen LogP contribution in [0.25, 0.3) is 0 Å². The molecule has 18 heavy (non-hydrogen) atoms. The Balaban J connectivity index is 2.23. The average Bonchev–Trinajstić information content (AvgIpc) is 2.39. The van der Waals surface area contributed by atoms with Gasteiger partial charge in [0.15, 0.2) is 0 Å². The van der Waals surface area contributed by atoms with Gasteiger partial charge < -0.3 is 14.9 Å². The second-order valence-electron chi connectivity index (χ2n) is 4.52. The quantitative estimate of drug-likeness (QED) is 0.474. The number of hydrogen-bond acceptors (Lipinski definition) is 8. The molecular formula is C10H19N7O. The Morgan fingerprint density at radius 3 is 2.50 bits per heavy atom. The summed E-state index contributed by atoms with van der Waals surface area (Å²) in [5.41, 5.74) is 2.45. The Hall–Kier alpha value is -1.67. The zero-order valence-corrected chi connectivity index (χ0v) is 10.7. The summed E-state index contributed by atoms with van der Waals surface area (Å²) in [6.07, 6.45) is 1.24. The van der Waals surface area contributed by atoms with Crippen molar-refractivity contribution in [3.8, 4) is 0 Å². The standard InChI is InChI=1S/C10H19N7O/c1-16(2)9-12-8(15-11)13-10(14-9)17-5-3-7(18)4-6-17/h7,18H,3-6,11H2,1-2H3,(H,12,13,14,15). The molecule has 8 nitrogen and oxygen atoms in total. The van der Waals surface area contributed by atoms with Crippen molar-refractivity contribution in [1.82, 2.24) is 15.0 Å². The van der Waals surface area contributed by atoms with Crippen LogP contribution in [0.4, 0.5) is 17.8 Å². The molecule has 1 aromatic heterocycles. The maximum atomic E-state index is 9.50. The van der Waals surface area contributed by atoms with E-state index in [1.54, 1.807) is 4.90 Å². The molecule has 0 amide bonds. The Morgan fingerprint density at radius 2 is 1.94 bits per heavy atom. The molecule has 8 heteroatoms. The smallest absolute Gasteiger partial charge is 0.243 e. The van der Waals surface area contributed by atoms with Crippen LogP contribution in [0.15, 0.2) is 0 Å². The molecule has 0 atom stereocenters. The third kappa shape index (κ3) is 2.77. The van der Waals surface area contributed by atoms with Gasteiger partial charge in [-0.25, -0.2) is 5.84 Å². The van der Waals surface area contributed by atoms with Crippen LogP contribution in [0.5, 0.6) is 0 Å². The van der Waals surface area contributed by atoms with Gasteiger partial charge in [-0.3, -0.25) is 5.43 Å². The third-order valence-electron chi connectivity index (χ3n) is 2.89. The maximum Gasteiger partial charge on any atom is 0.243 e. The van der Waals surface area contributed by atoms with E-state index in [1.165, 1.54) is 0 Å². The minimum Gasteiger partial charge on any atom is -0.393 e. The molecule has 2 rings (SSSR count). The average molecular weight is 253 g/mol. The van der Waals surface area contributed by atoms with E-state index in [-0.39, 0.29) is 6.10 Å². The zero-order chi connectivity index (χ0) is 13.1. The lowest BCUT2D eigenvalue weighted by molar-refractivity contribution is 0.145. The van der Waals surface area contributed by atoms with Crippen molar-refractivity contribution in [2.24, 2.45) is 5.84 Å². The van der Waals surface area contributed by atoms with Gasteiger partial charge in [-0.2, -0.15) is 15.0 Å². The van der Waals surface area contributed by atoms with Crippen molar-refractivity contribution in [2.75, 3.05) is 42.4 Å². The summed E-state index contributed by atoms with van der Waals surface area (Å²) in [6.45, 7) is 1.48. The van der Waals surface area contributed by atoms with Gasteiger partial charge >= 0.3 is 0 Å². The van der Waals surface area contributed by atoms with Gasteiger partial charge in [-0.15, -0.1) is 0 Å². The zero-order valence-electron chi connectivity index (χ0n) is 10.7. The highest BCUT2D eigenvalue weighted by Crippen LogP contribution is 2.19. The topological polar surface area (TPSA) is 103 Å². The number of hydrazine groups is 1. The fourth-order valence-corrected chi connectivity index (χ4v) is 1.83. The van der Waals surface area contributed by atoms with Crippen molar-refractivity contribution >= 4 is 17.8 Å². The van der Waals surface area contributed by atoms with Crippen LogP contribution < -0.4 is 21.1 Å². The lowest BCUT2D eigenvalue weighted by atomic mass is 10.1. The molecule has 2 heterocycles. The van der Waals surface area contributed by atoms with Crippen LogP contribution in [0.3, 0.4) is 0 Å². The van der Waals surface area contributed by atoms with Gasteiger partial charge in [0.2, 0.25) is 17.8 Å². The minimum atomic E-state index is -0.219. The predicted molar refractivity (Wildman–Crippen MR) is 69.4 cm³/mol. The number of aromatic nitrogens is 3. The number of aliphatic hydroxyl groups excluding tert-OH is 1. The molecule has 0 spiro atoms. The predicted octanol–water partition coefficient (Wildman–Crippen LogP) is -0.816. The summed E-state index contributed by atoms with van der Waals surface area (Å²) >= 11 is 0.